The van der Waals surface area contributed by atoms with E-state index in [0.717, 1.165) is 17.7 Å². The molecule has 0 unspecified atom stereocenters. The number of rotatable bonds is 3. The zero-order valence-electron chi connectivity index (χ0n) is 8.61. The van der Waals surface area contributed by atoms with Crippen LogP contribution in [0.3, 0.4) is 0 Å². The number of hydrogen-bond donors (Lipinski definition) is 1. The highest BCUT2D eigenvalue weighted by molar-refractivity contribution is 5.87. The average molecular weight is 194 g/mol. The fourth-order valence-electron chi connectivity index (χ4n) is 1.49. The van der Waals surface area contributed by atoms with Crippen molar-refractivity contribution in [3.8, 4) is 0 Å². The Balaban J connectivity index is 3.35. The summed E-state index contributed by atoms with van der Waals surface area (Å²) in [7, 11) is 0. The zero-order valence-corrected chi connectivity index (χ0v) is 8.61. The van der Waals surface area contributed by atoms with Crippen molar-refractivity contribution in [1.82, 2.24) is 9.97 Å². The molecule has 0 aromatic carbocycles. The number of hydrogen-bond acceptors (Lipinski definition) is 3. The molecule has 0 aliphatic rings. The summed E-state index contributed by atoms with van der Waals surface area (Å²) in [6.07, 6.45) is 2.05. The Kier molecular flexibility index (Phi) is 3.17. The number of carbonyl (C=O) groups is 1. The second-order valence-electron chi connectivity index (χ2n) is 3.40. The van der Waals surface area contributed by atoms with E-state index in [4.69, 9.17) is 5.11 Å². The number of aromatic nitrogens is 2. The van der Waals surface area contributed by atoms with E-state index >= 15 is 0 Å². The van der Waals surface area contributed by atoms with E-state index < -0.39 is 5.97 Å². The second-order valence-corrected chi connectivity index (χ2v) is 3.40. The van der Waals surface area contributed by atoms with Gasteiger partial charge in [0.2, 0.25) is 0 Å². The highest BCUT2D eigenvalue weighted by atomic mass is 16.4. The Hall–Kier alpha value is -1.45. The molecule has 1 heterocycles. The van der Waals surface area contributed by atoms with E-state index in [2.05, 4.69) is 9.97 Å². The van der Waals surface area contributed by atoms with Gasteiger partial charge in [-0.05, 0) is 12.3 Å². The van der Waals surface area contributed by atoms with Gasteiger partial charge in [0.15, 0.2) is 5.69 Å². The van der Waals surface area contributed by atoms with Gasteiger partial charge in [0.05, 0.1) is 0 Å². The van der Waals surface area contributed by atoms with Crippen molar-refractivity contribution in [3.63, 3.8) is 0 Å². The summed E-state index contributed by atoms with van der Waals surface area (Å²) in [5, 5.41) is 8.94. The molecule has 0 fully saturated rings. The lowest BCUT2D eigenvalue weighted by atomic mass is 9.98. The molecule has 1 rings (SSSR count). The molecule has 1 aromatic rings. The lowest BCUT2D eigenvalue weighted by Gasteiger charge is -2.12. The zero-order chi connectivity index (χ0) is 10.7. The van der Waals surface area contributed by atoms with Crippen molar-refractivity contribution in [1.29, 1.82) is 0 Å². The molecule has 0 radical (unpaired) electrons. The molecule has 0 bridgehead atoms. The van der Waals surface area contributed by atoms with Crippen LogP contribution in [-0.2, 0) is 6.42 Å². The molecule has 0 aliphatic carbocycles. The Morgan fingerprint density at radius 1 is 1.50 bits per heavy atom. The average Bonchev–Trinajstić information content (AvgIpc) is 2.16. The van der Waals surface area contributed by atoms with Gasteiger partial charge in [0.1, 0.15) is 6.33 Å². The van der Waals surface area contributed by atoms with Gasteiger partial charge in [-0.1, -0.05) is 20.8 Å². The summed E-state index contributed by atoms with van der Waals surface area (Å²) in [6.45, 7) is 5.86. The highest BCUT2D eigenvalue weighted by Crippen LogP contribution is 2.21. The molecule has 1 N–H and O–H groups in total. The topological polar surface area (TPSA) is 63.1 Å². The van der Waals surface area contributed by atoms with E-state index in [1.165, 1.54) is 6.33 Å². The molecular formula is C10H14N2O2. The fraction of sp³-hybridized carbons (Fsp3) is 0.500. The van der Waals surface area contributed by atoms with E-state index in [9.17, 15) is 4.79 Å². The Morgan fingerprint density at radius 3 is 2.57 bits per heavy atom. The first-order valence-electron chi connectivity index (χ1n) is 4.65. The SMILES string of the molecule is CCc1ncnc(C(=O)O)c1C(C)C. The third kappa shape index (κ3) is 1.89. The number of nitrogens with zero attached hydrogens (tertiary/aromatic N) is 2. The maximum absolute atomic E-state index is 10.9. The summed E-state index contributed by atoms with van der Waals surface area (Å²) in [6, 6.07) is 0. The predicted octanol–water partition coefficient (Wildman–Crippen LogP) is 1.86. The normalized spacial score (nSPS) is 10.6. The van der Waals surface area contributed by atoms with Gasteiger partial charge in [-0.2, -0.15) is 0 Å². The second kappa shape index (κ2) is 4.17. The van der Waals surface area contributed by atoms with Crippen LogP contribution in [0.5, 0.6) is 0 Å². The smallest absolute Gasteiger partial charge is 0.354 e. The van der Waals surface area contributed by atoms with Crippen LogP contribution < -0.4 is 0 Å². The van der Waals surface area contributed by atoms with Gasteiger partial charge in [-0.25, -0.2) is 14.8 Å². The number of aryl methyl sites for hydroxylation is 1. The van der Waals surface area contributed by atoms with Gasteiger partial charge < -0.3 is 5.11 Å². The van der Waals surface area contributed by atoms with Gasteiger partial charge in [-0.3, -0.25) is 0 Å². The molecule has 0 spiro atoms. The Bertz CT molecular complexity index is 348. The Labute approximate surface area is 83.0 Å². The first kappa shape index (κ1) is 10.6. The third-order valence-corrected chi connectivity index (χ3v) is 2.08. The predicted molar refractivity (Wildman–Crippen MR) is 52.5 cm³/mol. The molecule has 1 aromatic heterocycles. The lowest BCUT2D eigenvalue weighted by molar-refractivity contribution is 0.0688. The van der Waals surface area contributed by atoms with Gasteiger partial charge in [0, 0.05) is 11.3 Å². The summed E-state index contributed by atoms with van der Waals surface area (Å²) in [4.78, 5) is 18.8. The summed E-state index contributed by atoms with van der Waals surface area (Å²) >= 11 is 0. The standard InChI is InChI=1S/C10H14N2O2/c1-4-7-8(6(2)3)9(10(13)14)12-5-11-7/h5-6H,4H2,1-3H3,(H,13,14). The van der Waals surface area contributed by atoms with Gasteiger partial charge in [-0.15, -0.1) is 0 Å². The van der Waals surface area contributed by atoms with Gasteiger partial charge in [0.25, 0.3) is 0 Å². The number of aromatic carboxylic acids is 1. The van der Waals surface area contributed by atoms with Crippen molar-refractivity contribution in [3.05, 3.63) is 23.3 Å². The minimum absolute atomic E-state index is 0.131. The number of carboxylic acids is 1. The molecule has 14 heavy (non-hydrogen) atoms. The summed E-state index contributed by atoms with van der Waals surface area (Å²) in [5.41, 5.74) is 1.71. The maximum Gasteiger partial charge on any atom is 0.354 e. The quantitative estimate of drug-likeness (QED) is 0.797. The summed E-state index contributed by atoms with van der Waals surface area (Å²) < 4.78 is 0. The van der Waals surface area contributed by atoms with Crippen molar-refractivity contribution in [2.75, 3.05) is 0 Å². The molecular weight excluding hydrogens is 180 g/mol. The van der Waals surface area contributed by atoms with Crippen molar-refractivity contribution >= 4 is 5.97 Å². The number of carboxylic acid groups (broad SMARTS) is 1. The molecule has 0 atom stereocenters. The highest BCUT2D eigenvalue weighted by Gasteiger charge is 2.18. The lowest BCUT2D eigenvalue weighted by Crippen LogP contribution is -2.11. The molecule has 0 saturated heterocycles. The van der Waals surface area contributed by atoms with E-state index in [1.54, 1.807) is 0 Å². The summed E-state index contributed by atoms with van der Waals surface area (Å²) in [5.74, 6) is -0.844. The van der Waals surface area contributed by atoms with Crippen LogP contribution in [-0.4, -0.2) is 21.0 Å². The fourth-order valence-corrected chi connectivity index (χ4v) is 1.49. The first-order chi connectivity index (χ1) is 6.57. The monoisotopic (exact) mass is 194 g/mol. The van der Waals surface area contributed by atoms with Crippen LogP contribution in [0, 0.1) is 0 Å². The molecule has 0 saturated carbocycles. The van der Waals surface area contributed by atoms with Crippen molar-refractivity contribution in [2.24, 2.45) is 0 Å². The van der Waals surface area contributed by atoms with Crippen LogP contribution in [0.15, 0.2) is 6.33 Å². The van der Waals surface area contributed by atoms with Crippen LogP contribution in [0.1, 0.15) is 48.4 Å². The maximum atomic E-state index is 10.9. The van der Waals surface area contributed by atoms with Crippen LogP contribution >= 0.6 is 0 Å². The molecule has 4 heteroatoms. The molecule has 0 aliphatic heterocycles. The molecule has 76 valence electrons. The molecule has 4 nitrogen and oxygen atoms in total. The van der Waals surface area contributed by atoms with Crippen LogP contribution in [0.4, 0.5) is 0 Å². The van der Waals surface area contributed by atoms with Crippen molar-refractivity contribution in [2.45, 2.75) is 33.1 Å². The van der Waals surface area contributed by atoms with Crippen molar-refractivity contribution < 1.29 is 9.90 Å². The largest absolute Gasteiger partial charge is 0.477 e. The van der Waals surface area contributed by atoms with E-state index in [-0.39, 0.29) is 11.6 Å². The Morgan fingerprint density at radius 2 is 2.14 bits per heavy atom. The van der Waals surface area contributed by atoms with Crippen LogP contribution in [0.2, 0.25) is 0 Å². The first-order valence-corrected chi connectivity index (χ1v) is 4.65. The molecule has 0 amide bonds. The van der Waals surface area contributed by atoms with Crippen LogP contribution in [0.25, 0.3) is 0 Å². The van der Waals surface area contributed by atoms with Gasteiger partial charge >= 0.3 is 5.97 Å². The third-order valence-electron chi connectivity index (χ3n) is 2.08. The van der Waals surface area contributed by atoms with E-state index in [1.807, 2.05) is 20.8 Å². The van der Waals surface area contributed by atoms with E-state index in [0.29, 0.717) is 0 Å². The minimum Gasteiger partial charge on any atom is -0.477 e. The minimum atomic E-state index is -0.981.